The van der Waals surface area contributed by atoms with Crippen molar-refractivity contribution in [2.24, 2.45) is 0 Å². The van der Waals surface area contributed by atoms with Crippen molar-refractivity contribution >= 4 is 40.1 Å². The van der Waals surface area contributed by atoms with Gasteiger partial charge in [0.25, 0.3) is 0 Å². The molecule has 1 heterocycles. The second-order valence-electron chi connectivity index (χ2n) is 2.08. The van der Waals surface area contributed by atoms with Crippen molar-refractivity contribution < 1.29 is 0 Å². The first-order chi connectivity index (χ1) is 4.88. The van der Waals surface area contributed by atoms with E-state index in [4.69, 9.17) is 0 Å². The van der Waals surface area contributed by atoms with Gasteiger partial charge in [0.05, 0.1) is 0 Å². The van der Waals surface area contributed by atoms with Crippen LogP contribution in [0, 0.1) is 0 Å². The fourth-order valence-electron chi connectivity index (χ4n) is 0.945. The van der Waals surface area contributed by atoms with Gasteiger partial charge in [0.2, 0.25) is 0 Å². The molecular formula is C8H5BrSe. The molecule has 0 bridgehead atoms. The second-order valence-corrected chi connectivity index (χ2v) is 4.85. The molecule has 0 saturated heterocycles. The number of benzene rings is 1. The summed E-state index contributed by atoms with van der Waals surface area (Å²) < 4.78 is 2.75. The Bertz CT molecular complexity index is 351. The summed E-state index contributed by atoms with van der Waals surface area (Å²) in [5.41, 5.74) is 0. The fourth-order valence-corrected chi connectivity index (χ4v) is 3.79. The average Bonchev–Trinajstić information content (AvgIpc) is 2.34. The normalized spacial score (nSPS) is 10.5. The maximum atomic E-state index is 3.51. The molecule has 0 nitrogen and oxygen atoms in total. The summed E-state index contributed by atoms with van der Waals surface area (Å²) in [7, 11) is 0. The zero-order valence-electron chi connectivity index (χ0n) is 5.17. The van der Waals surface area contributed by atoms with Gasteiger partial charge in [0, 0.05) is 0 Å². The number of rotatable bonds is 0. The molecule has 0 unspecified atom stereocenters. The number of fused-ring (bicyclic) bond motifs is 1. The SMILES string of the molecule is Brc1c[se]c2ccccc12. The molecule has 0 fully saturated rings. The predicted molar refractivity (Wildman–Crippen MR) is 48.6 cm³/mol. The van der Waals surface area contributed by atoms with Crippen molar-refractivity contribution in [3.8, 4) is 0 Å². The van der Waals surface area contributed by atoms with Crippen LogP contribution in [-0.2, 0) is 0 Å². The van der Waals surface area contributed by atoms with E-state index < -0.39 is 0 Å². The van der Waals surface area contributed by atoms with E-state index in [1.54, 1.807) is 0 Å². The maximum absolute atomic E-state index is 3.51. The van der Waals surface area contributed by atoms with E-state index >= 15 is 0 Å². The van der Waals surface area contributed by atoms with Gasteiger partial charge in [-0.15, -0.1) is 0 Å². The van der Waals surface area contributed by atoms with Crippen LogP contribution in [0.4, 0.5) is 0 Å². The molecule has 0 amide bonds. The van der Waals surface area contributed by atoms with Gasteiger partial charge in [-0.05, 0) is 0 Å². The first-order valence-electron chi connectivity index (χ1n) is 2.99. The molecule has 1 aromatic carbocycles. The summed E-state index contributed by atoms with van der Waals surface area (Å²) in [6.45, 7) is 0. The minimum atomic E-state index is 0.565. The summed E-state index contributed by atoms with van der Waals surface area (Å²) in [6.07, 6.45) is 0. The van der Waals surface area contributed by atoms with Crippen LogP contribution in [0.5, 0.6) is 0 Å². The van der Waals surface area contributed by atoms with E-state index in [1.165, 1.54) is 14.1 Å². The molecule has 2 aromatic rings. The van der Waals surface area contributed by atoms with Crippen LogP contribution in [0.2, 0.25) is 0 Å². The Morgan fingerprint density at radius 3 is 2.80 bits per heavy atom. The summed E-state index contributed by atoms with van der Waals surface area (Å²) in [5, 5.41) is 1.38. The van der Waals surface area contributed by atoms with E-state index in [0.717, 1.165) is 0 Å². The third kappa shape index (κ3) is 0.968. The zero-order valence-corrected chi connectivity index (χ0v) is 8.47. The summed E-state index contributed by atoms with van der Waals surface area (Å²) in [4.78, 5) is 2.26. The van der Waals surface area contributed by atoms with Crippen molar-refractivity contribution in [3.63, 3.8) is 0 Å². The van der Waals surface area contributed by atoms with Gasteiger partial charge >= 0.3 is 73.8 Å². The van der Waals surface area contributed by atoms with Gasteiger partial charge in [-0.25, -0.2) is 0 Å². The molecule has 50 valence electrons. The minimum absolute atomic E-state index is 0.565. The average molecular weight is 260 g/mol. The van der Waals surface area contributed by atoms with Crippen molar-refractivity contribution in [1.82, 2.24) is 0 Å². The van der Waals surface area contributed by atoms with Gasteiger partial charge in [0.15, 0.2) is 0 Å². The Hall–Kier alpha value is -0.0405. The molecule has 0 aliphatic carbocycles. The van der Waals surface area contributed by atoms with E-state index in [9.17, 15) is 0 Å². The Labute approximate surface area is 73.7 Å². The molecule has 0 atom stereocenters. The number of hydrogen-bond donors (Lipinski definition) is 0. The molecule has 0 radical (unpaired) electrons. The first kappa shape index (κ1) is 6.66. The number of halogens is 1. The Balaban J connectivity index is 2.93. The predicted octanol–water partition coefficient (Wildman–Crippen LogP) is 2.66. The topological polar surface area (TPSA) is 0 Å². The van der Waals surface area contributed by atoms with Crippen LogP contribution in [-0.4, -0.2) is 14.5 Å². The third-order valence-electron chi connectivity index (χ3n) is 1.43. The van der Waals surface area contributed by atoms with Gasteiger partial charge in [0.1, 0.15) is 0 Å². The van der Waals surface area contributed by atoms with Gasteiger partial charge in [-0.3, -0.25) is 0 Å². The van der Waals surface area contributed by atoms with Gasteiger partial charge in [-0.2, -0.15) is 0 Å². The molecule has 0 spiro atoms. The summed E-state index contributed by atoms with van der Waals surface area (Å²) in [5.74, 6) is 0. The molecule has 0 aliphatic heterocycles. The molecule has 2 heteroatoms. The molecule has 0 N–H and O–H groups in total. The van der Waals surface area contributed by atoms with E-state index in [1.807, 2.05) is 0 Å². The number of hydrogen-bond acceptors (Lipinski definition) is 0. The molecule has 2 rings (SSSR count). The van der Waals surface area contributed by atoms with Crippen LogP contribution < -0.4 is 0 Å². The molecule has 1 aromatic heterocycles. The van der Waals surface area contributed by atoms with Crippen LogP contribution in [0.25, 0.3) is 9.65 Å². The molecule has 0 aliphatic rings. The first-order valence-corrected chi connectivity index (χ1v) is 5.63. The van der Waals surface area contributed by atoms with E-state index in [-0.39, 0.29) is 0 Å². The van der Waals surface area contributed by atoms with Crippen molar-refractivity contribution in [3.05, 3.63) is 33.7 Å². The fraction of sp³-hybridized carbons (Fsp3) is 0. The third-order valence-corrected chi connectivity index (χ3v) is 4.79. The Morgan fingerprint density at radius 1 is 1.20 bits per heavy atom. The molecule has 0 saturated carbocycles. The van der Waals surface area contributed by atoms with Crippen molar-refractivity contribution in [2.45, 2.75) is 0 Å². The van der Waals surface area contributed by atoms with Crippen molar-refractivity contribution in [1.29, 1.82) is 0 Å². The van der Waals surface area contributed by atoms with E-state index in [2.05, 4.69) is 45.1 Å². The second kappa shape index (κ2) is 2.54. The van der Waals surface area contributed by atoms with Gasteiger partial charge in [-0.1, -0.05) is 0 Å². The Kier molecular flexibility index (Phi) is 1.69. The quantitative estimate of drug-likeness (QED) is 0.639. The Morgan fingerprint density at radius 2 is 2.00 bits per heavy atom. The van der Waals surface area contributed by atoms with Crippen LogP contribution in [0.15, 0.2) is 33.7 Å². The standard InChI is InChI=1S/C8H5BrSe/c9-7-5-10-8-4-2-1-3-6(7)8/h1-5H. The van der Waals surface area contributed by atoms with E-state index in [0.29, 0.717) is 14.5 Å². The van der Waals surface area contributed by atoms with Crippen molar-refractivity contribution in [2.75, 3.05) is 0 Å². The zero-order chi connectivity index (χ0) is 6.97. The summed E-state index contributed by atoms with van der Waals surface area (Å²) >= 11 is 4.08. The summed E-state index contributed by atoms with van der Waals surface area (Å²) in [6, 6.07) is 8.53. The monoisotopic (exact) mass is 260 g/mol. The van der Waals surface area contributed by atoms with Gasteiger partial charge < -0.3 is 0 Å². The van der Waals surface area contributed by atoms with Crippen LogP contribution in [0.1, 0.15) is 0 Å². The molecule has 10 heavy (non-hydrogen) atoms. The molecular weight excluding hydrogens is 255 g/mol. The van der Waals surface area contributed by atoms with Crippen LogP contribution in [0.3, 0.4) is 0 Å². The van der Waals surface area contributed by atoms with Crippen LogP contribution >= 0.6 is 15.9 Å².